The summed E-state index contributed by atoms with van der Waals surface area (Å²) in [5, 5.41) is 0.226. The molecule has 1 atom stereocenters. The van der Waals surface area contributed by atoms with Gasteiger partial charge in [-0.2, -0.15) is 13.2 Å². The molecule has 102 valence electrons. The second-order valence-corrected chi connectivity index (χ2v) is 5.35. The van der Waals surface area contributed by atoms with Gasteiger partial charge in [-0.1, -0.05) is 11.6 Å². The van der Waals surface area contributed by atoms with Crippen LogP contribution in [-0.4, -0.2) is 29.4 Å². The molecule has 0 fully saturated rings. The van der Waals surface area contributed by atoms with E-state index in [4.69, 9.17) is 17.3 Å². The molecular formula is C10H11ClF3NO2S. The van der Waals surface area contributed by atoms with Gasteiger partial charge in [-0.15, -0.1) is 0 Å². The lowest BCUT2D eigenvalue weighted by Gasteiger charge is -2.08. The zero-order chi connectivity index (χ0) is 13.8. The Labute approximate surface area is 110 Å². The second-order valence-electron chi connectivity index (χ2n) is 3.41. The number of alkyl halides is 3. The summed E-state index contributed by atoms with van der Waals surface area (Å²) >= 11 is 5.82. The minimum Gasteiger partial charge on any atom is -0.399 e. The lowest BCUT2D eigenvalue weighted by molar-refractivity contribution is -0.172. The third-order valence-corrected chi connectivity index (χ3v) is 3.69. The number of rotatable bonds is 5. The third-order valence-electron chi connectivity index (χ3n) is 1.88. The average Bonchev–Trinajstić information content (AvgIpc) is 2.22. The summed E-state index contributed by atoms with van der Waals surface area (Å²) in [4.78, 5) is 0.335. The molecule has 0 aliphatic rings. The number of benzene rings is 1. The first-order valence-electron chi connectivity index (χ1n) is 4.87. The van der Waals surface area contributed by atoms with Gasteiger partial charge in [0.25, 0.3) is 0 Å². The van der Waals surface area contributed by atoms with Gasteiger partial charge < -0.3 is 10.5 Å². The standard InChI is InChI=1S/C10H11ClF3NO2S/c11-8-5-7(15)1-2-9(8)18(16)4-3-17-6-10(12,13)14/h1-2,5H,3-4,6,15H2. The Bertz CT molecular complexity index is 440. The predicted octanol–water partition coefficient (Wildman–Crippen LogP) is 2.61. The van der Waals surface area contributed by atoms with E-state index >= 15 is 0 Å². The highest BCUT2D eigenvalue weighted by Crippen LogP contribution is 2.22. The number of halogens is 4. The van der Waals surface area contributed by atoms with Crippen molar-refractivity contribution in [3.8, 4) is 0 Å². The fourth-order valence-corrected chi connectivity index (χ4v) is 2.57. The van der Waals surface area contributed by atoms with Crippen molar-refractivity contribution >= 4 is 28.1 Å². The number of nitrogen functional groups attached to an aromatic ring is 1. The molecule has 2 N–H and O–H groups in total. The first-order chi connectivity index (χ1) is 8.29. The zero-order valence-corrected chi connectivity index (χ0v) is 10.7. The molecule has 1 aromatic rings. The maximum Gasteiger partial charge on any atom is 0.411 e. The quantitative estimate of drug-likeness (QED) is 0.672. The molecule has 1 aromatic carbocycles. The van der Waals surface area contributed by atoms with E-state index in [1.54, 1.807) is 0 Å². The van der Waals surface area contributed by atoms with E-state index in [1.807, 2.05) is 0 Å². The van der Waals surface area contributed by atoms with Crippen LogP contribution in [0.2, 0.25) is 5.02 Å². The van der Waals surface area contributed by atoms with Crippen LogP contribution < -0.4 is 5.73 Å². The summed E-state index contributed by atoms with van der Waals surface area (Å²) in [6.45, 7) is -1.60. The predicted molar refractivity (Wildman–Crippen MR) is 64.0 cm³/mol. The fourth-order valence-electron chi connectivity index (χ4n) is 1.13. The minimum atomic E-state index is -4.37. The number of hydrogen-bond donors (Lipinski definition) is 1. The van der Waals surface area contributed by atoms with Gasteiger partial charge in [0.1, 0.15) is 6.61 Å². The zero-order valence-electron chi connectivity index (χ0n) is 9.17. The Morgan fingerprint density at radius 2 is 2.06 bits per heavy atom. The molecule has 0 bridgehead atoms. The van der Waals surface area contributed by atoms with Gasteiger partial charge in [-0.25, -0.2) is 0 Å². The number of hydrogen-bond acceptors (Lipinski definition) is 3. The molecule has 0 spiro atoms. The average molecular weight is 302 g/mol. The van der Waals surface area contributed by atoms with E-state index in [0.29, 0.717) is 10.6 Å². The highest BCUT2D eigenvalue weighted by molar-refractivity contribution is 7.85. The van der Waals surface area contributed by atoms with Crippen LogP contribution in [-0.2, 0) is 15.5 Å². The van der Waals surface area contributed by atoms with Crippen LogP contribution in [0.5, 0.6) is 0 Å². The maximum absolute atomic E-state index is 11.8. The molecular weight excluding hydrogens is 291 g/mol. The van der Waals surface area contributed by atoms with Gasteiger partial charge in [-0.3, -0.25) is 4.21 Å². The normalized spacial score (nSPS) is 13.6. The molecule has 3 nitrogen and oxygen atoms in total. The van der Waals surface area contributed by atoms with Crippen molar-refractivity contribution in [1.29, 1.82) is 0 Å². The van der Waals surface area contributed by atoms with Crippen molar-refractivity contribution < 1.29 is 22.1 Å². The lowest BCUT2D eigenvalue weighted by atomic mass is 10.3. The molecule has 1 unspecified atom stereocenters. The topological polar surface area (TPSA) is 52.3 Å². The van der Waals surface area contributed by atoms with Crippen molar-refractivity contribution in [3.05, 3.63) is 23.2 Å². The Balaban J connectivity index is 2.46. The summed E-state index contributed by atoms with van der Waals surface area (Å²) in [5.41, 5.74) is 5.89. The van der Waals surface area contributed by atoms with Gasteiger partial charge in [0.15, 0.2) is 0 Å². The molecule has 0 aromatic heterocycles. The summed E-state index contributed by atoms with van der Waals surface area (Å²) in [7, 11) is -1.51. The van der Waals surface area contributed by atoms with Gasteiger partial charge in [0.05, 0.1) is 33.1 Å². The molecule has 0 aliphatic carbocycles. The molecule has 0 aliphatic heterocycles. The molecule has 18 heavy (non-hydrogen) atoms. The van der Waals surface area contributed by atoms with E-state index < -0.39 is 23.6 Å². The molecule has 8 heteroatoms. The van der Waals surface area contributed by atoms with Crippen LogP contribution in [0.15, 0.2) is 23.1 Å². The number of ether oxygens (including phenoxy) is 1. The summed E-state index contributed by atoms with van der Waals surface area (Å²) < 4.78 is 51.4. The van der Waals surface area contributed by atoms with Crippen LogP contribution in [0.25, 0.3) is 0 Å². The van der Waals surface area contributed by atoms with Gasteiger partial charge in [0.2, 0.25) is 0 Å². The first-order valence-corrected chi connectivity index (χ1v) is 6.57. The number of anilines is 1. The Morgan fingerprint density at radius 3 is 2.61 bits per heavy atom. The van der Waals surface area contributed by atoms with E-state index in [1.165, 1.54) is 18.2 Å². The van der Waals surface area contributed by atoms with Crippen LogP contribution >= 0.6 is 11.6 Å². The summed E-state index contributed by atoms with van der Waals surface area (Å²) in [6.07, 6.45) is -4.37. The van der Waals surface area contributed by atoms with Crippen molar-refractivity contribution in [2.45, 2.75) is 11.1 Å². The van der Waals surface area contributed by atoms with Crippen molar-refractivity contribution in [2.75, 3.05) is 24.7 Å². The maximum atomic E-state index is 11.8. The van der Waals surface area contributed by atoms with Gasteiger partial charge in [-0.05, 0) is 18.2 Å². The Hall–Kier alpha value is -0.790. The van der Waals surface area contributed by atoms with Crippen molar-refractivity contribution in [1.82, 2.24) is 0 Å². The molecule has 1 rings (SSSR count). The Morgan fingerprint density at radius 1 is 1.39 bits per heavy atom. The largest absolute Gasteiger partial charge is 0.411 e. The van der Waals surface area contributed by atoms with Crippen molar-refractivity contribution in [3.63, 3.8) is 0 Å². The van der Waals surface area contributed by atoms with Gasteiger partial charge >= 0.3 is 6.18 Å². The summed E-state index contributed by atoms with van der Waals surface area (Å²) in [5.74, 6) is -0.0558. The minimum absolute atomic E-state index is 0.0558. The molecule has 0 heterocycles. The first kappa shape index (κ1) is 15.3. The fraction of sp³-hybridized carbons (Fsp3) is 0.400. The SMILES string of the molecule is Nc1ccc(S(=O)CCOCC(F)(F)F)c(Cl)c1. The molecule has 0 saturated carbocycles. The molecule has 0 saturated heterocycles. The van der Waals surface area contributed by atoms with Crippen LogP contribution in [0.4, 0.5) is 18.9 Å². The highest BCUT2D eigenvalue weighted by atomic mass is 35.5. The second kappa shape index (κ2) is 6.40. The monoisotopic (exact) mass is 301 g/mol. The van der Waals surface area contributed by atoms with E-state index in [2.05, 4.69) is 4.74 Å². The van der Waals surface area contributed by atoms with Crippen LogP contribution in [0, 0.1) is 0 Å². The summed E-state index contributed by atoms with van der Waals surface area (Å²) in [6, 6.07) is 4.44. The van der Waals surface area contributed by atoms with Gasteiger partial charge in [0, 0.05) is 5.69 Å². The molecule has 0 radical (unpaired) electrons. The number of nitrogens with two attached hydrogens (primary N) is 1. The van der Waals surface area contributed by atoms with Crippen LogP contribution in [0.1, 0.15) is 0 Å². The van der Waals surface area contributed by atoms with E-state index in [0.717, 1.165) is 0 Å². The van der Waals surface area contributed by atoms with E-state index in [9.17, 15) is 17.4 Å². The van der Waals surface area contributed by atoms with E-state index in [-0.39, 0.29) is 17.4 Å². The van der Waals surface area contributed by atoms with Crippen LogP contribution in [0.3, 0.4) is 0 Å². The Kier molecular flexibility index (Phi) is 5.43. The molecule has 0 amide bonds. The smallest absolute Gasteiger partial charge is 0.399 e. The van der Waals surface area contributed by atoms with Crippen molar-refractivity contribution in [2.24, 2.45) is 0 Å². The lowest BCUT2D eigenvalue weighted by Crippen LogP contribution is -2.19. The third kappa shape index (κ3) is 5.24. The highest BCUT2D eigenvalue weighted by Gasteiger charge is 2.27.